The van der Waals surface area contributed by atoms with E-state index in [-0.39, 0.29) is 11.3 Å². The predicted molar refractivity (Wildman–Crippen MR) is 90.3 cm³/mol. The van der Waals surface area contributed by atoms with Crippen LogP contribution in [0.3, 0.4) is 0 Å². The highest BCUT2D eigenvalue weighted by atomic mass is 32.2. The lowest BCUT2D eigenvalue weighted by molar-refractivity contribution is -0.387. The maximum atomic E-state index is 12.4. The molecule has 0 bridgehead atoms. The molecular weight excluding hydrogens is 332 g/mol. The Labute approximate surface area is 144 Å². The Hall–Kier alpha value is -2.09. The molecule has 0 saturated heterocycles. The second kappa shape index (κ2) is 8.14. The molecule has 24 heavy (non-hydrogen) atoms. The minimum Gasteiger partial charge on any atom is -0.481 e. The summed E-state index contributed by atoms with van der Waals surface area (Å²) in [6, 6.07) is 3.87. The Kier molecular flexibility index (Phi) is 6.19. The number of amides is 1. The molecule has 0 aromatic heterocycles. The van der Waals surface area contributed by atoms with Crippen LogP contribution >= 0.6 is 11.8 Å². The minimum absolute atomic E-state index is 0.120. The SMILES string of the molecule is CSc1ccc(C(=O)N[C@H]2CCCCC[C@H]2C(=O)O)cc1[N+](=O)[O-]. The molecule has 0 radical (unpaired) electrons. The molecule has 1 aromatic rings. The number of nitro groups is 1. The number of benzene rings is 1. The number of carboxylic acids is 1. The number of hydrogen-bond acceptors (Lipinski definition) is 5. The van der Waals surface area contributed by atoms with Crippen molar-refractivity contribution in [2.24, 2.45) is 5.92 Å². The highest BCUT2D eigenvalue weighted by Crippen LogP contribution is 2.29. The molecular formula is C16H20N2O5S. The Bertz CT molecular complexity index is 649. The van der Waals surface area contributed by atoms with E-state index >= 15 is 0 Å². The lowest BCUT2D eigenvalue weighted by atomic mass is 9.94. The van der Waals surface area contributed by atoms with Gasteiger partial charge in [-0.25, -0.2) is 0 Å². The van der Waals surface area contributed by atoms with Gasteiger partial charge in [0, 0.05) is 17.7 Å². The van der Waals surface area contributed by atoms with Crippen LogP contribution in [0.1, 0.15) is 42.5 Å². The quantitative estimate of drug-likeness (QED) is 0.365. The zero-order chi connectivity index (χ0) is 17.7. The predicted octanol–water partition coefficient (Wildman–Crippen LogP) is 3.08. The Balaban J connectivity index is 2.20. The Morgan fingerprint density at radius 2 is 2.00 bits per heavy atom. The van der Waals surface area contributed by atoms with Gasteiger partial charge in [0.15, 0.2) is 0 Å². The van der Waals surface area contributed by atoms with Crippen molar-refractivity contribution in [1.29, 1.82) is 0 Å². The molecule has 0 spiro atoms. The average molecular weight is 352 g/mol. The first-order valence-electron chi connectivity index (χ1n) is 7.80. The van der Waals surface area contributed by atoms with E-state index in [4.69, 9.17) is 0 Å². The smallest absolute Gasteiger partial charge is 0.308 e. The highest BCUT2D eigenvalue weighted by molar-refractivity contribution is 7.98. The fourth-order valence-corrected chi connectivity index (χ4v) is 3.55. The van der Waals surface area contributed by atoms with Gasteiger partial charge in [0.1, 0.15) is 0 Å². The van der Waals surface area contributed by atoms with Gasteiger partial charge in [-0.2, -0.15) is 0 Å². The van der Waals surface area contributed by atoms with Crippen LogP contribution in [0.25, 0.3) is 0 Å². The van der Waals surface area contributed by atoms with Crippen molar-refractivity contribution >= 4 is 29.3 Å². The third kappa shape index (κ3) is 4.25. The zero-order valence-corrected chi connectivity index (χ0v) is 14.2. The van der Waals surface area contributed by atoms with E-state index < -0.39 is 28.8 Å². The standard InChI is InChI=1S/C16H20N2O5S/c1-24-14-8-7-10(9-13(14)18(22)23)15(19)17-12-6-4-2-3-5-11(12)16(20)21/h7-9,11-12H,2-6H2,1H3,(H,17,19)(H,20,21)/t11-,12+/m1/s1. The number of aliphatic carboxylic acids is 1. The number of carbonyl (C=O) groups excluding carboxylic acids is 1. The summed E-state index contributed by atoms with van der Waals surface area (Å²) in [6.45, 7) is 0. The number of rotatable bonds is 5. The number of thioether (sulfide) groups is 1. The summed E-state index contributed by atoms with van der Waals surface area (Å²) in [7, 11) is 0. The molecule has 0 unspecified atom stereocenters. The van der Waals surface area contributed by atoms with E-state index in [1.807, 2.05) is 0 Å². The lowest BCUT2D eigenvalue weighted by Gasteiger charge is -2.22. The van der Waals surface area contributed by atoms with Gasteiger partial charge < -0.3 is 10.4 Å². The third-order valence-corrected chi connectivity index (χ3v) is 5.07. The molecule has 0 aliphatic heterocycles. The number of nitro benzene ring substituents is 1. The molecule has 1 aliphatic carbocycles. The summed E-state index contributed by atoms with van der Waals surface area (Å²) < 4.78 is 0. The van der Waals surface area contributed by atoms with Crippen molar-refractivity contribution in [3.05, 3.63) is 33.9 Å². The number of nitrogens with one attached hydrogen (secondary N) is 1. The molecule has 2 atom stereocenters. The van der Waals surface area contributed by atoms with Gasteiger partial charge in [0.05, 0.1) is 15.7 Å². The molecule has 1 aromatic carbocycles. The van der Waals surface area contributed by atoms with Crippen molar-refractivity contribution in [3.63, 3.8) is 0 Å². The Morgan fingerprint density at radius 1 is 1.29 bits per heavy atom. The van der Waals surface area contributed by atoms with Crippen molar-refractivity contribution in [3.8, 4) is 0 Å². The fraction of sp³-hybridized carbons (Fsp3) is 0.500. The topological polar surface area (TPSA) is 110 Å². The molecule has 1 fully saturated rings. The van der Waals surface area contributed by atoms with Crippen molar-refractivity contribution in [2.45, 2.75) is 43.0 Å². The molecule has 1 amide bonds. The van der Waals surface area contributed by atoms with Crippen LogP contribution in [-0.2, 0) is 4.79 Å². The number of nitrogens with zero attached hydrogens (tertiary/aromatic N) is 1. The van der Waals surface area contributed by atoms with Crippen LogP contribution in [0.2, 0.25) is 0 Å². The molecule has 8 heteroatoms. The van der Waals surface area contributed by atoms with Crippen molar-refractivity contribution in [2.75, 3.05) is 6.26 Å². The molecule has 1 aliphatic rings. The lowest BCUT2D eigenvalue weighted by Crippen LogP contribution is -2.42. The van der Waals surface area contributed by atoms with Crippen LogP contribution in [0.5, 0.6) is 0 Å². The summed E-state index contributed by atoms with van der Waals surface area (Å²) in [4.78, 5) is 34.9. The van der Waals surface area contributed by atoms with Gasteiger partial charge in [-0.15, -0.1) is 11.8 Å². The van der Waals surface area contributed by atoms with E-state index in [9.17, 15) is 24.8 Å². The van der Waals surface area contributed by atoms with Gasteiger partial charge >= 0.3 is 5.97 Å². The molecule has 130 valence electrons. The number of carbonyl (C=O) groups is 2. The normalized spacial score (nSPS) is 20.9. The highest BCUT2D eigenvalue weighted by Gasteiger charge is 2.31. The van der Waals surface area contributed by atoms with Crippen LogP contribution in [0, 0.1) is 16.0 Å². The first-order valence-corrected chi connectivity index (χ1v) is 9.02. The second-order valence-electron chi connectivity index (χ2n) is 5.81. The summed E-state index contributed by atoms with van der Waals surface area (Å²) in [5, 5.41) is 23.2. The van der Waals surface area contributed by atoms with Gasteiger partial charge in [0.2, 0.25) is 0 Å². The Morgan fingerprint density at radius 3 is 2.62 bits per heavy atom. The van der Waals surface area contributed by atoms with Crippen LogP contribution < -0.4 is 5.32 Å². The maximum Gasteiger partial charge on any atom is 0.308 e. The summed E-state index contributed by atoms with van der Waals surface area (Å²) in [6.07, 6.45) is 5.51. The van der Waals surface area contributed by atoms with Crippen LogP contribution in [0.15, 0.2) is 23.1 Å². The van der Waals surface area contributed by atoms with E-state index in [1.165, 1.54) is 23.9 Å². The zero-order valence-electron chi connectivity index (χ0n) is 13.4. The summed E-state index contributed by atoms with van der Waals surface area (Å²) >= 11 is 1.24. The largest absolute Gasteiger partial charge is 0.481 e. The van der Waals surface area contributed by atoms with Crippen LogP contribution in [0.4, 0.5) is 5.69 Å². The minimum atomic E-state index is -0.911. The van der Waals surface area contributed by atoms with Gasteiger partial charge in [-0.05, 0) is 31.2 Å². The first-order chi connectivity index (χ1) is 11.4. The third-order valence-electron chi connectivity index (χ3n) is 4.29. The fourth-order valence-electron chi connectivity index (χ4n) is 3.00. The van der Waals surface area contributed by atoms with Crippen molar-refractivity contribution < 1.29 is 19.6 Å². The molecule has 1 saturated carbocycles. The van der Waals surface area contributed by atoms with Crippen molar-refractivity contribution in [1.82, 2.24) is 5.32 Å². The second-order valence-corrected chi connectivity index (χ2v) is 6.65. The molecule has 0 heterocycles. The molecule has 2 N–H and O–H groups in total. The number of carboxylic acid groups (broad SMARTS) is 1. The number of hydrogen-bond donors (Lipinski definition) is 2. The average Bonchev–Trinajstić information content (AvgIpc) is 2.79. The summed E-state index contributed by atoms with van der Waals surface area (Å²) in [5.41, 5.74) is 0.0543. The monoisotopic (exact) mass is 352 g/mol. The van der Waals surface area contributed by atoms with Gasteiger partial charge in [-0.1, -0.05) is 19.3 Å². The van der Waals surface area contributed by atoms with Gasteiger partial charge in [0.25, 0.3) is 11.6 Å². The van der Waals surface area contributed by atoms with E-state index in [2.05, 4.69) is 5.32 Å². The van der Waals surface area contributed by atoms with E-state index in [0.717, 1.165) is 19.3 Å². The van der Waals surface area contributed by atoms with E-state index in [0.29, 0.717) is 17.7 Å². The molecule has 2 rings (SSSR count). The maximum absolute atomic E-state index is 12.4. The summed E-state index contributed by atoms with van der Waals surface area (Å²) in [5.74, 6) is -1.99. The van der Waals surface area contributed by atoms with E-state index in [1.54, 1.807) is 12.3 Å². The first kappa shape index (κ1) is 18.3. The van der Waals surface area contributed by atoms with Gasteiger partial charge in [-0.3, -0.25) is 19.7 Å². The van der Waals surface area contributed by atoms with Crippen LogP contribution in [-0.4, -0.2) is 34.2 Å². The molecule has 7 nitrogen and oxygen atoms in total.